The summed E-state index contributed by atoms with van der Waals surface area (Å²) < 4.78 is 0. The largest absolute Gasteiger partial charge is 0.326 e. The number of carbonyl (C=O) groups is 1. The summed E-state index contributed by atoms with van der Waals surface area (Å²) in [6.07, 6.45) is 2.88. The number of aromatic nitrogens is 2. The molecule has 0 aliphatic carbocycles. The molecule has 2 rings (SSSR count). The lowest BCUT2D eigenvalue weighted by Gasteiger charge is -2.08. The second-order valence-electron chi connectivity index (χ2n) is 4.01. The average Bonchev–Trinajstić information content (AvgIpc) is 2.30. The zero-order chi connectivity index (χ0) is 13.1. The maximum Gasteiger partial charge on any atom is 0.258 e. The highest BCUT2D eigenvalue weighted by Gasteiger charge is 2.07. The number of nitrogens with zero attached hydrogens (tertiary/aromatic N) is 1. The van der Waals surface area contributed by atoms with Crippen molar-refractivity contribution in [2.24, 2.45) is 0 Å². The second-order valence-corrected chi connectivity index (χ2v) is 4.01. The molecule has 2 aromatic rings. The highest BCUT2D eigenvalue weighted by Crippen LogP contribution is 2.22. The number of hydrogen-bond acceptors (Lipinski definition) is 3. The van der Waals surface area contributed by atoms with Gasteiger partial charge in [0, 0.05) is 18.8 Å². The third-order valence-electron chi connectivity index (χ3n) is 2.56. The number of benzene rings is 1. The van der Waals surface area contributed by atoms with Crippen molar-refractivity contribution >= 4 is 11.6 Å². The van der Waals surface area contributed by atoms with Crippen LogP contribution >= 0.6 is 0 Å². The topological polar surface area (TPSA) is 74.8 Å². The molecular formula is C13H13N3O2. The van der Waals surface area contributed by atoms with E-state index in [0.29, 0.717) is 11.3 Å². The Hall–Kier alpha value is -2.43. The zero-order valence-electron chi connectivity index (χ0n) is 10.2. The lowest BCUT2D eigenvalue weighted by atomic mass is 10.0. The summed E-state index contributed by atoms with van der Waals surface area (Å²) in [4.78, 5) is 29.1. The number of hydrogen-bond donors (Lipinski definition) is 2. The Bertz CT molecular complexity index is 647. The lowest BCUT2D eigenvalue weighted by molar-refractivity contribution is -0.114. The van der Waals surface area contributed by atoms with Crippen LogP contribution in [-0.4, -0.2) is 15.9 Å². The maximum atomic E-state index is 11.7. The Kier molecular flexibility index (Phi) is 3.23. The van der Waals surface area contributed by atoms with Gasteiger partial charge in [0.1, 0.15) is 0 Å². The Morgan fingerprint density at radius 3 is 2.72 bits per heavy atom. The summed E-state index contributed by atoms with van der Waals surface area (Å²) in [5.41, 5.74) is 2.76. The van der Waals surface area contributed by atoms with Gasteiger partial charge < -0.3 is 10.3 Å². The second kappa shape index (κ2) is 4.83. The molecule has 1 heterocycles. The molecule has 0 atom stereocenters. The molecule has 2 N–H and O–H groups in total. The minimum atomic E-state index is -0.180. The molecule has 0 spiro atoms. The van der Waals surface area contributed by atoms with Crippen LogP contribution in [0.2, 0.25) is 0 Å². The van der Waals surface area contributed by atoms with E-state index in [1.54, 1.807) is 12.1 Å². The number of carbonyl (C=O) groups excluding carboxylic acids is 1. The predicted molar refractivity (Wildman–Crippen MR) is 69.3 cm³/mol. The Morgan fingerprint density at radius 1 is 1.33 bits per heavy atom. The molecule has 0 unspecified atom stereocenters. The molecule has 1 aromatic heterocycles. The highest BCUT2D eigenvalue weighted by molar-refractivity contribution is 5.89. The van der Waals surface area contributed by atoms with Crippen molar-refractivity contribution < 1.29 is 4.79 Å². The summed E-state index contributed by atoms with van der Waals surface area (Å²) in [7, 11) is 0. The fraction of sp³-hybridized carbons (Fsp3) is 0.154. The average molecular weight is 243 g/mol. The number of nitrogens with one attached hydrogen (secondary N) is 2. The summed E-state index contributed by atoms with van der Waals surface area (Å²) in [6.45, 7) is 3.34. The first-order valence-corrected chi connectivity index (χ1v) is 5.49. The van der Waals surface area contributed by atoms with E-state index in [4.69, 9.17) is 0 Å². The van der Waals surface area contributed by atoms with Gasteiger partial charge >= 0.3 is 0 Å². The molecule has 18 heavy (non-hydrogen) atoms. The van der Waals surface area contributed by atoms with E-state index < -0.39 is 0 Å². The van der Waals surface area contributed by atoms with E-state index in [9.17, 15) is 9.59 Å². The number of anilines is 1. The van der Waals surface area contributed by atoms with Gasteiger partial charge in [-0.15, -0.1) is 0 Å². The Morgan fingerprint density at radius 2 is 2.11 bits per heavy atom. The summed E-state index contributed by atoms with van der Waals surface area (Å²) in [6, 6.07) is 5.38. The highest BCUT2D eigenvalue weighted by atomic mass is 16.1. The third-order valence-corrected chi connectivity index (χ3v) is 2.56. The monoisotopic (exact) mass is 243 g/mol. The molecule has 1 aromatic carbocycles. The van der Waals surface area contributed by atoms with Crippen molar-refractivity contribution in [1.29, 1.82) is 0 Å². The van der Waals surface area contributed by atoms with E-state index in [1.165, 1.54) is 19.4 Å². The molecule has 0 aliphatic heterocycles. The number of aryl methyl sites for hydroxylation is 1. The van der Waals surface area contributed by atoms with Crippen LogP contribution in [0.25, 0.3) is 11.1 Å². The summed E-state index contributed by atoms with van der Waals surface area (Å²) in [5.74, 6) is -0.124. The number of aromatic amines is 1. The van der Waals surface area contributed by atoms with Crippen LogP contribution in [0.1, 0.15) is 12.5 Å². The van der Waals surface area contributed by atoms with Crippen molar-refractivity contribution in [3.05, 3.63) is 46.6 Å². The normalized spacial score (nSPS) is 10.1. The van der Waals surface area contributed by atoms with Gasteiger partial charge in [0.2, 0.25) is 5.91 Å². The zero-order valence-corrected chi connectivity index (χ0v) is 10.2. The molecule has 5 nitrogen and oxygen atoms in total. The molecule has 0 saturated heterocycles. The first-order valence-electron chi connectivity index (χ1n) is 5.49. The van der Waals surface area contributed by atoms with Gasteiger partial charge in [0.15, 0.2) is 0 Å². The van der Waals surface area contributed by atoms with Crippen LogP contribution in [0.4, 0.5) is 5.69 Å². The van der Waals surface area contributed by atoms with Crippen LogP contribution in [0.3, 0.4) is 0 Å². The standard InChI is InChI=1S/C13H13N3O2/c1-8-5-10(16-9(2)17)3-4-11(8)12-6-14-7-15-13(12)18/h3-7H,1-2H3,(H,16,17)(H,14,15,18). The van der Waals surface area contributed by atoms with Gasteiger partial charge in [-0.05, 0) is 30.2 Å². The molecule has 0 saturated carbocycles. The number of rotatable bonds is 2. The van der Waals surface area contributed by atoms with Crippen molar-refractivity contribution in [3.63, 3.8) is 0 Å². The minimum Gasteiger partial charge on any atom is -0.326 e. The van der Waals surface area contributed by atoms with Crippen LogP contribution in [0.5, 0.6) is 0 Å². The molecule has 92 valence electrons. The lowest BCUT2D eigenvalue weighted by Crippen LogP contribution is -2.10. The van der Waals surface area contributed by atoms with E-state index in [1.807, 2.05) is 13.0 Å². The quantitative estimate of drug-likeness (QED) is 0.843. The van der Waals surface area contributed by atoms with Gasteiger partial charge in [0.05, 0.1) is 11.9 Å². The van der Waals surface area contributed by atoms with Crippen LogP contribution in [0, 0.1) is 6.92 Å². The van der Waals surface area contributed by atoms with Gasteiger partial charge in [-0.2, -0.15) is 0 Å². The van der Waals surface area contributed by atoms with Crippen molar-refractivity contribution in [1.82, 2.24) is 9.97 Å². The van der Waals surface area contributed by atoms with Crippen LogP contribution < -0.4 is 10.9 Å². The Balaban J connectivity index is 2.45. The number of H-pyrrole nitrogens is 1. The smallest absolute Gasteiger partial charge is 0.258 e. The van der Waals surface area contributed by atoms with Gasteiger partial charge in [-0.1, -0.05) is 6.07 Å². The van der Waals surface area contributed by atoms with E-state index >= 15 is 0 Å². The molecule has 0 aliphatic rings. The minimum absolute atomic E-state index is 0.124. The fourth-order valence-electron chi connectivity index (χ4n) is 1.78. The van der Waals surface area contributed by atoms with Gasteiger partial charge in [-0.25, -0.2) is 4.98 Å². The fourth-order valence-corrected chi connectivity index (χ4v) is 1.78. The van der Waals surface area contributed by atoms with E-state index in [-0.39, 0.29) is 11.5 Å². The Labute approximate surface area is 104 Å². The van der Waals surface area contributed by atoms with Crippen molar-refractivity contribution in [3.8, 4) is 11.1 Å². The van der Waals surface area contributed by atoms with E-state index in [2.05, 4.69) is 15.3 Å². The van der Waals surface area contributed by atoms with Gasteiger partial charge in [0.25, 0.3) is 5.56 Å². The maximum absolute atomic E-state index is 11.7. The number of amides is 1. The molecule has 0 fully saturated rings. The molecular weight excluding hydrogens is 230 g/mol. The van der Waals surface area contributed by atoms with Crippen molar-refractivity contribution in [2.75, 3.05) is 5.32 Å². The third kappa shape index (κ3) is 2.45. The van der Waals surface area contributed by atoms with Gasteiger partial charge in [-0.3, -0.25) is 9.59 Å². The molecule has 5 heteroatoms. The SMILES string of the molecule is CC(=O)Nc1ccc(-c2cnc[nH]c2=O)c(C)c1. The predicted octanol–water partition coefficient (Wildman–Crippen LogP) is 1.70. The van der Waals surface area contributed by atoms with Crippen LogP contribution in [-0.2, 0) is 4.79 Å². The first-order chi connectivity index (χ1) is 8.58. The van der Waals surface area contributed by atoms with Crippen molar-refractivity contribution in [2.45, 2.75) is 13.8 Å². The molecule has 0 radical (unpaired) electrons. The van der Waals surface area contributed by atoms with Crippen LogP contribution in [0.15, 0.2) is 35.5 Å². The first kappa shape index (κ1) is 12.0. The van der Waals surface area contributed by atoms with E-state index in [0.717, 1.165) is 11.1 Å². The summed E-state index contributed by atoms with van der Waals surface area (Å²) in [5, 5.41) is 2.70. The summed E-state index contributed by atoms with van der Waals surface area (Å²) >= 11 is 0. The molecule has 1 amide bonds. The molecule has 0 bridgehead atoms.